The fraction of sp³-hybridized carbons (Fsp3) is 0.333. The number of aryl methyl sites for hydroxylation is 1. The molecule has 0 amide bonds. The highest BCUT2D eigenvalue weighted by atomic mass is 16.4. The van der Waals surface area contributed by atoms with E-state index < -0.39 is 11.9 Å². The molecule has 2 N–H and O–H groups in total. The third-order valence-corrected chi connectivity index (χ3v) is 7.09. The molecule has 0 aliphatic heterocycles. The van der Waals surface area contributed by atoms with Crippen molar-refractivity contribution < 1.29 is 19.8 Å². The topological polar surface area (TPSA) is 74.6 Å². The van der Waals surface area contributed by atoms with Crippen molar-refractivity contribution >= 4 is 11.9 Å². The first kappa shape index (κ1) is 23.7. The molecule has 0 saturated heterocycles. The predicted molar refractivity (Wildman–Crippen MR) is 136 cm³/mol. The summed E-state index contributed by atoms with van der Waals surface area (Å²) in [5.41, 5.74) is 7.01. The first-order valence-electron chi connectivity index (χ1n) is 12.2. The maximum atomic E-state index is 12.3. The number of carboxylic acid groups (broad SMARTS) is 2. The highest BCUT2D eigenvalue weighted by Gasteiger charge is 2.30. The SMILES string of the molecule is CCc1cc(C2CCCC2)c(C(C)C)c(-c2ccccc2C(=O)O)c1-c1ccccc1C(=O)O. The third kappa shape index (κ3) is 4.25. The van der Waals surface area contributed by atoms with Gasteiger partial charge in [-0.25, -0.2) is 9.59 Å². The summed E-state index contributed by atoms with van der Waals surface area (Å²) in [6, 6.07) is 16.5. The molecule has 1 saturated carbocycles. The number of hydrogen-bond acceptors (Lipinski definition) is 2. The number of benzene rings is 3. The lowest BCUT2D eigenvalue weighted by Gasteiger charge is -2.28. The number of carboxylic acids is 2. The molecule has 3 aromatic carbocycles. The van der Waals surface area contributed by atoms with Crippen LogP contribution in [-0.2, 0) is 6.42 Å². The van der Waals surface area contributed by atoms with E-state index in [0.29, 0.717) is 17.0 Å². The van der Waals surface area contributed by atoms with E-state index in [1.807, 2.05) is 24.3 Å². The highest BCUT2D eigenvalue weighted by molar-refractivity contribution is 6.04. The highest BCUT2D eigenvalue weighted by Crippen LogP contribution is 2.48. The molecule has 34 heavy (non-hydrogen) atoms. The van der Waals surface area contributed by atoms with Gasteiger partial charge >= 0.3 is 11.9 Å². The van der Waals surface area contributed by atoms with Crippen LogP contribution in [0.15, 0.2) is 54.6 Å². The second-order valence-corrected chi connectivity index (χ2v) is 9.48. The van der Waals surface area contributed by atoms with Gasteiger partial charge in [0.25, 0.3) is 0 Å². The smallest absolute Gasteiger partial charge is 0.336 e. The average molecular weight is 457 g/mol. The summed E-state index contributed by atoms with van der Waals surface area (Å²) in [6.45, 7) is 6.39. The van der Waals surface area contributed by atoms with Crippen LogP contribution in [0.4, 0.5) is 0 Å². The van der Waals surface area contributed by atoms with Crippen LogP contribution < -0.4 is 0 Å². The zero-order chi connectivity index (χ0) is 24.4. The van der Waals surface area contributed by atoms with Gasteiger partial charge in [0.2, 0.25) is 0 Å². The van der Waals surface area contributed by atoms with Crippen LogP contribution in [0.5, 0.6) is 0 Å². The first-order chi connectivity index (χ1) is 16.3. The molecular weight excluding hydrogens is 424 g/mol. The fourth-order valence-electron chi connectivity index (χ4n) is 5.62. The van der Waals surface area contributed by atoms with Crippen molar-refractivity contribution in [1.29, 1.82) is 0 Å². The molecule has 0 bridgehead atoms. The molecule has 0 unspecified atom stereocenters. The molecule has 0 atom stereocenters. The van der Waals surface area contributed by atoms with Crippen molar-refractivity contribution in [1.82, 2.24) is 0 Å². The Morgan fingerprint density at radius 1 is 0.853 bits per heavy atom. The second kappa shape index (κ2) is 9.84. The third-order valence-electron chi connectivity index (χ3n) is 7.09. The second-order valence-electron chi connectivity index (χ2n) is 9.48. The van der Waals surface area contributed by atoms with E-state index in [9.17, 15) is 19.8 Å². The molecule has 4 rings (SSSR count). The zero-order valence-electron chi connectivity index (χ0n) is 20.1. The monoisotopic (exact) mass is 456 g/mol. The predicted octanol–water partition coefficient (Wildman–Crippen LogP) is 7.76. The van der Waals surface area contributed by atoms with Gasteiger partial charge in [-0.3, -0.25) is 0 Å². The molecule has 1 aliphatic carbocycles. The lowest BCUT2D eigenvalue weighted by molar-refractivity contribution is 0.0686. The maximum Gasteiger partial charge on any atom is 0.336 e. The molecule has 4 nitrogen and oxygen atoms in total. The van der Waals surface area contributed by atoms with Crippen LogP contribution in [0.25, 0.3) is 22.3 Å². The van der Waals surface area contributed by atoms with Gasteiger partial charge in [-0.15, -0.1) is 0 Å². The van der Waals surface area contributed by atoms with Gasteiger partial charge < -0.3 is 10.2 Å². The molecule has 1 aliphatic rings. The Kier molecular flexibility index (Phi) is 6.87. The van der Waals surface area contributed by atoms with E-state index in [0.717, 1.165) is 41.5 Å². The summed E-state index contributed by atoms with van der Waals surface area (Å²) in [5.74, 6) is -1.37. The molecule has 4 heteroatoms. The van der Waals surface area contributed by atoms with Crippen molar-refractivity contribution in [3.63, 3.8) is 0 Å². The number of aromatic carboxylic acids is 2. The zero-order valence-corrected chi connectivity index (χ0v) is 20.1. The summed E-state index contributed by atoms with van der Waals surface area (Å²) < 4.78 is 0. The van der Waals surface area contributed by atoms with E-state index in [2.05, 4.69) is 26.8 Å². The largest absolute Gasteiger partial charge is 0.478 e. The number of hydrogen-bond donors (Lipinski definition) is 2. The minimum atomic E-state index is -0.985. The van der Waals surface area contributed by atoms with E-state index in [1.165, 1.54) is 18.4 Å². The van der Waals surface area contributed by atoms with Gasteiger partial charge in [0, 0.05) is 0 Å². The standard InChI is InChI=1S/C30H32O4/c1-4-19-17-25(20-11-5-6-12-20)26(18(2)3)28(22-14-8-10-16-24(22)30(33)34)27(19)21-13-7-9-15-23(21)29(31)32/h7-10,13-18,20H,4-6,11-12H2,1-3H3,(H,31,32)(H,33,34). The van der Waals surface area contributed by atoms with E-state index in [1.54, 1.807) is 24.3 Å². The summed E-state index contributed by atoms with van der Waals surface area (Å²) >= 11 is 0. The van der Waals surface area contributed by atoms with Crippen molar-refractivity contribution in [3.05, 3.63) is 82.4 Å². The van der Waals surface area contributed by atoms with Crippen LogP contribution in [-0.4, -0.2) is 22.2 Å². The number of rotatable bonds is 7. The maximum absolute atomic E-state index is 12.3. The minimum Gasteiger partial charge on any atom is -0.478 e. The molecule has 0 aromatic heterocycles. The summed E-state index contributed by atoms with van der Waals surface area (Å²) in [7, 11) is 0. The molecule has 176 valence electrons. The van der Waals surface area contributed by atoms with E-state index >= 15 is 0 Å². The Morgan fingerprint density at radius 2 is 1.35 bits per heavy atom. The van der Waals surface area contributed by atoms with Gasteiger partial charge in [0.15, 0.2) is 0 Å². The molecule has 0 spiro atoms. The molecule has 3 aromatic rings. The Balaban J connectivity index is 2.21. The summed E-state index contributed by atoms with van der Waals surface area (Å²) in [6.07, 6.45) is 5.40. The first-order valence-corrected chi connectivity index (χ1v) is 12.2. The van der Waals surface area contributed by atoms with E-state index in [4.69, 9.17) is 0 Å². The molecular formula is C30H32O4. The molecule has 1 fully saturated rings. The van der Waals surface area contributed by atoms with Crippen molar-refractivity contribution in [3.8, 4) is 22.3 Å². The van der Waals surface area contributed by atoms with Gasteiger partial charge in [0.1, 0.15) is 0 Å². The minimum absolute atomic E-state index is 0.147. The number of carbonyl (C=O) groups is 2. The van der Waals surface area contributed by atoms with Crippen LogP contribution in [0.2, 0.25) is 0 Å². The Bertz CT molecular complexity index is 1230. The lowest BCUT2D eigenvalue weighted by atomic mass is 9.75. The van der Waals surface area contributed by atoms with Gasteiger partial charge in [-0.1, -0.05) is 76.1 Å². The van der Waals surface area contributed by atoms with Crippen LogP contribution in [0.3, 0.4) is 0 Å². The Morgan fingerprint density at radius 3 is 1.82 bits per heavy atom. The van der Waals surface area contributed by atoms with Crippen molar-refractivity contribution in [2.45, 2.75) is 64.7 Å². The fourth-order valence-corrected chi connectivity index (χ4v) is 5.62. The van der Waals surface area contributed by atoms with E-state index in [-0.39, 0.29) is 17.0 Å². The van der Waals surface area contributed by atoms with Crippen LogP contribution in [0.1, 0.15) is 95.7 Å². The average Bonchev–Trinajstić information content (AvgIpc) is 3.37. The molecule has 0 radical (unpaired) electrons. The van der Waals surface area contributed by atoms with Crippen molar-refractivity contribution in [2.24, 2.45) is 0 Å². The quantitative estimate of drug-likeness (QED) is 0.381. The van der Waals surface area contributed by atoms with Crippen molar-refractivity contribution in [2.75, 3.05) is 0 Å². The van der Waals surface area contributed by atoms with Crippen LogP contribution >= 0.6 is 0 Å². The summed E-state index contributed by atoms with van der Waals surface area (Å²) in [4.78, 5) is 24.5. The lowest BCUT2D eigenvalue weighted by Crippen LogP contribution is -2.11. The summed E-state index contributed by atoms with van der Waals surface area (Å²) in [5, 5.41) is 20.1. The van der Waals surface area contributed by atoms with Gasteiger partial charge in [-0.2, -0.15) is 0 Å². The molecule has 0 heterocycles. The normalized spacial score (nSPS) is 14.0. The Labute approximate surface area is 201 Å². The Hall–Kier alpha value is -3.40. The van der Waals surface area contributed by atoms with Gasteiger partial charge in [0.05, 0.1) is 11.1 Å². The van der Waals surface area contributed by atoms with Crippen LogP contribution in [0, 0.1) is 0 Å². The van der Waals surface area contributed by atoms with Gasteiger partial charge in [-0.05, 0) is 82.2 Å².